The number of ether oxygens (including phenoxy) is 2. The number of hydrogen-bond acceptors (Lipinski definition) is 5. The molecule has 1 aromatic heterocycles. The average molecular weight is 415 g/mol. The minimum atomic E-state index is -0.453. The summed E-state index contributed by atoms with van der Waals surface area (Å²) in [7, 11) is 1.52. The van der Waals surface area contributed by atoms with E-state index in [1.54, 1.807) is 54.6 Å². The van der Waals surface area contributed by atoms with E-state index in [1.807, 2.05) is 25.1 Å². The first-order chi connectivity index (χ1) is 15.1. The van der Waals surface area contributed by atoms with E-state index in [9.17, 15) is 9.59 Å². The van der Waals surface area contributed by atoms with Crippen LogP contribution in [-0.2, 0) is 0 Å². The monoisotopic (exact) mass is 415 g/mol. The Morgan fingerprint density at radius 3 is 2.65 bits per heavy atom. The third kappa shape index (κ3) is 4.28. The van der Waals surface area contributed by atoms with Crippen molar-refractivity contribution in [2.24, 2.45) is 0 Å². The Morgan fingerprint density at radius 1 is 1.00 bits per heavy atom. The third-order valence-corrected chi connectivity index (χ3v) is 4.81. The summed E-state index contributed by atoms with van der Waals surface area (Å²) in [5, 5.41) is 3.67. The van der Waals surface area contributed by atoms with Gasteiger partial charge in [0, 0.05) is 10.9 Å². The molecule has 0 radical (unpaired) electrons. The molecule has 1 heterocycles. The van der Waals surface area contributed by atoms with Crippen LogP contribution in [0.2, 0.25) is 0 Å². The minimum Gasteiger partial charge on any atom is -0.495 e. The molecule has 0 saturated heterocycles. The van der Waals surface area contributed by atoms with E-state index in [4.69, 9.17) is 13.9 Å². The number of carbonyl (C=O) groups excluding carboxylic acids is 1. The normalized spacial score (nSPS) is 10.6. The summed E-state index contributed by atoms with van der Waals surface area (Å²) < 4.78 is 16.3. The van der Waals surface area contributed by atoms with E-state index < -0.39 is 5.63 Å². The zero-order chi connectivity index (χ0) is 21.8. The molecule has 0 atom stereocenters. The maximum atomic E-state index is 12.8. The first-order valence-electron chi connectivity index (χ1n) is 9.84. The zero-order valence-electron chi connectivity index (χ0n) is 17.2. The average Bonchev–Trinajstić information content (AvgIpc) is 2.79. The molecule has 0 fully saturated rings. The highest BCUT2D eigenvalue weighted by Crippen LogP contribution is 2.31. The fraction of sp³-hybridized carbons (Fsp3) is 0.120. The molecule has 1 N–H and O–H groups in total. The maximum Gasteiger partial charge on any atom is 0.344 e. The van der Waals surface area contributed by atoms with Gasteiger partial charge in [-0.3, -0.25) is 4.79 Å². The molecular formula is C25H21NO5. The number of fused-ring (bicyclic) bond motifs is 1. The standard InChI is InChI=1S/C25H21NO5/c1-3-30-19-9-6-8-18(13-19)24(27)26-21-15-16(11-12-23(21)29-2)20-14-17-7-4-5-10-22(17)31-25(20)28/h4-15H,3H2,1-2H3,(H,26,27). The van der Waals surface area contributed by atoms with Crippen molar-refractivity contribution in [3.05, 3.63) is 88.8 Å². The number of nitrogens with one attached hydrogen (secondary N) is 1. The third-order valence-electron chi connectivity index (χ3n) is 4.81. The molecule has 4 aromatic rings. The number of methoxy groups -OCH3 is 1. The second-order valence-corrected chi connectivity index (χ2v) is 6.82. The van der Waals surface area contributed by atoms with Crippen molar-refractivity contribution in [3.8, 4) is 22.6 Å². The van der Waals surface area contributed by atoms with Crippen LogP contribution >= 0.6 is 0 Å². The van der Waals surface area contributed by atoms with Crippen molar-refractivity contribution in [2.75, 3.05) is 19.0 Å². The fourth-order valence-corrected chi connectivity index (χ4v) is 3.32. The van der Waals surface area contributed by atoms with Crippen molar-refractivity contribution in [2.45, 2.75) is 6.92 Å². The zero-order valence-corrected chi connectivity index (χ0v) is 17.2. The Balaban J connectivity index is 1.70. The molecule has 1 amide bonds. The molecular weight excluding hydrogens is 394 g/mol. The van der Waals surface area contributed by atoms with Gasteiger partial charge in [0.1, 0.15) is 17.1 Å². The molecule has 3 aromatic carbocycles. The highest BCUT2D eigenvalue weighted by molar-refractivity contribution is 6.05. The lowest BCUT2D eigenvalue weighted by atomic mass is 10.0. The molecule has 6 nitrogen and oxygen atoms in total. The Kier molecular flexibility index (Phi) is 5.71. The van der Waals surface area contributed by atoms with Crippen LogP contribution in [0.25, 0.3) is 22.1 Å². The molecule has 0 aliphatic rings. The van der Waals surface area contributed by atoms with Crippen LogP contribution in [0.1, 0.15) is 17.3 Å². The van der Waals surface area contributed by atoms with Crippen LogP contribution in [0.5, 0.6) is 11.5 Å². The summed E-state index contributed by atoms with van der Waals surface area (Å²) in [6.07, 6.45) is 0. The molecule has 0 saturated carbocycles. The largest absolute Gasteiger partial charge is 0.495 e. The maximum absolute atomic E-state index is 12.8. The first-order valence-corrected chi connectivity index (χ1v) is 9.84. The van der Waals surface area contributed by atoms with Gasteiger partial charge in [-0.25, -0.2) is 4.79 Å². The van der Waals surface area contributed by atoms with Crippen LogP contribution in [0, 0.1) is 0 Å². The molecule has 0 bridgehead atoms. The van der Waals surface area contributed by atoms with Gasteiger partial charge in [0.2, 0.25) is 0 Å². The van der Waals surface area contributed by atoms with Gasteiger partial charge in [-0.05, 0) is 55.0 Å². The number of carbonyl (C=O) groups is 1. The smallest absolute Gasteiger partial charge is 0.344 e. The van der Waals surface area contributed by atoms with Gasteiger partial charge in [0.25, 0.3) is 5.91 Å². The number of hydrogen-bond donors (Lipinski definition) is 1. The topological polar surface area (TPSA) is 77.8 Å². The van der Waals surface area contributed by atoms with Gasteiger partial charge in [-0.1, -0.05) is 30.3 Å². The van der Waals surface area contributed by atoms with Crippen molar-refractivity contribution in [1.29, 1.82) is 0 Å². The van der Waals surface area contributed by atoms with Crippen molar-refractivity contribution >= 4 is 22.6 Å². The SMILES string of the molecule is CCOc1cccc(C(=O)Nc2cc(-c3cc4ccccc4oc3=O)ccc2OC)c1. The van der Waals surface area contributed by atoms with Crippen LogP contribution in [0.4, 0.5) is 5.69 Å². The first kappa shape index (κ1) is 20.2. The van der Waals surface area contributed by atoms with Gasteiger partial charge in [0.15, 0.2) is 0 Å². The van der Waals surface area contributed by atoms with Gasteiger partial charge < -0.3 is 19.2 Å². The molecule has 31 heavy (non-hydrogen) atoms. The summed E-state index contributed by atoms with van der Waals surface area (Å²) in [4.78, 5) is 25.4. The highest BCUT2D eigenvalue weighted by Gasteiger charge is 2.14. The predicted octanol–water partition coefficient (Wildman–Crippen LogP) is 5.12. The lowest BCUT2D eigenvalue weighted by molar-refractivity contribution is 0.102. The summed E-state index contributed by atoms with van der Waals surface area (Å²) in [5.41, 5.74) is 1.97. The van der Waals surface area contributed by atoms with E-state index in [2.05, 4.69) is 5.32 Å². The second-order valence-electron chi connectivity index (χ2n) is 6.82. The van der Waals surface area contributed by atoms with Crippen LogP contribution < -0.4 is 20.4 Å². The summed E-state index contributed by atoms with van der Waals surface area (Å²) in [5.74, 6) is 0.774. The summed E-state index contributed by atoms with van der Waals surface area (Å²) >= 11 is 0. The van der Waals surface area contributed by atoms with Gasteiger partial charge in [-0.2, -0.15) is 0 Å². The fourth-order valence-electron chi connectivity index (χ4n) is 3.32. The quantitative estimate of drug-likeness (QED) is 0.442. The molecule has 6 heteroatoms. The number of anilines is 1. The molecule has 0 unspecified atom stereocenters. The lowest BCUT2D eigenvalue weighted by Gasteiger charge is -2.13. The number of para-hydroxylation sites is 1. The van der Waals surface area contributed by atoms with Crippen molar-refractivity contribution < 1.29 is 18.7 Å². The van der Waals surface area contributed by atoms with E-state index >= 15 is 0 Å². The molecule has 4 rings (SSSR count). The molecule has 0 aliphatic heterocycles. The van der Waals surface area contributed by atoms with E-state index in [1.165, 1.54) is 7.11 Å². The van der Waals surface area contributed by atoms with E-state index in [0.29, 0.717) is 46.1 Å². The molecule has 0 spiro atoms. The second kappa shape index (κ2) is 8.75. The lowest BCUT2D eigenvalue weighted by Crippen LogP contribution is -2.13. The van der Waals surface area contributed by atoms with Crippen molar-refractivity contribution in [3.63, 3.8) is 0 Å². The molecule has 156 valence electrons. The minimum absolute atomic E-state index is 0.317. The van der Waals surface area contributed by atoms with Crippen LogP contribution in [0.3, 0.4) is 0 Å². The van der Waals surface area contributed by atoms with Gasteiger partial charge in [0.05, 0.1) is 25.0 Å². The van der Waals surface area contributed by atoms with Gasteiger partial charge in [-0.15, -0.1) is 0 Å². The number of amides is 1. The summed E-state index contributed by atoms with van der Waals surface area (Å²) in [6.45, 7) is 2.39. The van der Waals surface area contributed by atoms with E-state index in [-0.39, 0.29) is 5.91 Å². The van der Waals surface area contributed by atoms with E-state index in [0.717, 1.165) is 5.39 Å². The Labute approximate surface area is 179 Å². The van der Waals surface area contributed by atoms with Crippen molar-refractivity contribution in [1.82, 2.24) is 0 Å². The van der Waals surface area contributed by atoms with Gasteiger partial charge >= 0.3 is 5.63 Å². The number of benzene rings is 3. The molecule has 0 aliphatic carbocycles. The summed E-state index contributed by atoms with van der Waals surface area (Å²) in [6, 6.07) is 21.2. The predicted molar refractivity (Wildman–Crippen MR) is 120 cm³/mol. The Hall–Kier alpha value is -4.06. The number of rotatable bonds is 6. The Bertz CT molecular complexity index is 1310. The Morgan fingerprint density at radius 2 is 1.84 bits per heavy atom. The van der Waals surface area contributed by atoms with Crippen LogP contribution in [-0.4, -0.2) is 19.6 Å². The van der Waals surface area contributed by atoms with Crippen LogP contribution in [0.15, 0.2) is 82.0 Å². The highest BCUT2D eigenvalue weighted by atomic mass is 16.5.